The van der Waals surface area contributed by atoms with Gasteiger partial charge in [0, 0.05) is 0 Å². The maximum atomic E-state index is 12.8. The highest BCUT2D eigenvalue weighted by atomic mass is 32.2. The van der Waals surface area contributed by atoms with Gasteiger partial charge >= 0.3 is 22.1 Å². The first-order valence-corrected chi connectivity index (χ1v) is 13.8. The summed E-state index contributed by atoms with van der Waals surface area (Å²) in [5, 5.41) is 0. The number of rotatable bonds is 14. The molecule has 0 aliphatic carbocycles. The quantitative estimate of drug-likeness (QED) is 0.152. The Morgan fingerprint density at radius 3 is 2.28 bits per heavy atom. The van der Waals surface area contributed by atoms with E-state index in [1.54, 1.807) is 36.4 Å². The van der Waals surface area contributed by atoms with E-state index in [0.717, 1.165) is 16.7 Å². The molecule has 0 heterocycles. The molecule has 0 N–H and O–H groups in total. The third-order valence-corrected chi connectivity index (χ3v) is 6.94. The molecular weight excluding hydrogens is 520 g/mol. The van der Waals surface area contributed by atoms with Crippen molar-refractivity contribution in [2.75, 3.05) is 20.3 Å². The standard InChI is InChI=1S/C30H32O8S/c1-23-11-13-28(14-12-23)39(33,34)38-27-10-6-9-26(21-27)25(17-19-36-22-24-7-4-3-5-8-24)18-20-37-30(32)16-15-29(31)35-2/h3-14,18,21H,15-17,19-20,22H2,1-2H3/b25-18+. The van der Waals surface area contributed by atoms with Crippen molar-refractivity contribution in [3.05, 3.63) is 102 Å². The molecule has 0 radical (unpaired) electrons. The van der Waals surface area contributed by atoms with Crippen LogP contribution in [0, 0.1) is 6.92 Å². The van der Waals surface area contributed by atoms with Crippen LogP contribution >= 0.6 is 0 Å². The van der Waals surface area contributed by atoms with Crippen LogP contribution in [0.5, 0.6) is 5.75 Å². The molecule has 0 aliphatic rings. The van der Waals surface area contributed by atoms with E-state index in [2.05, 4.69) is 4.74 Å². The van der Waals surface area contributed by atoms with Gasteiger partial charge in [-0.3, -0.25) is 9.59 Å². The van der Waals surface area contributed by atoms with Gasteiger partial charge in [0.15, 0.2) is 0 Å². The zero-order valence-corrected chi connectivity index (χ0v) is 22.8. The van der Waals surface area contributed by atoms with Gasteiger partial charge in [-0.15, -0.1) is 0 Å². The summed E-state index contributed by atoms with van der Waals surface area (Å²) >= 11 is 0. The van der Waals surface area contributed by atoms with Crippen molar-refractivity contribution in [3.63, 3.8) is 0 Å². The van der Waals surface area contributed by atoms with Crippen LogP contribution in [0.25, 0.3) is 5.57 Å². The minimum Gasteiger partial charge on any atom is -0.469 e. The van der Waals surface area contributed by atoms with Crippen LogP contribution < -0.4 is 4.18 Å². The molecule has 39 heavy (non-hydrogen) atoms. The van der Waals surface area contributed by atoms with Crippen LogP contribution in [0.1, 0.15) is 36.0 Å². The lowest BCUT2D eigenvalue weighted by molar-refractivity contribution is -0.148. The molecule has 9 heteroatoms. The van der Waals surface area contributed by atoms with Gasteiger partial charge in [-0.25, -0.2) is 0 Å². The van der Waals surface area contributed by atoms with Crippen LogP contribution in [0.3, 0.4) is 0 Å². The Labute approximate surface area is 229 Å². The lowest BCUT2D eigenvalue weighted by Crippen LogP contribution is -2.10. The summed E-state index contributed by atoms with van der Waals surface area (Å²) in [6.45, 7) is 2.66. The smallest absolute Gasteiger partial charge is 0.339 e. The Bertz CT molecular complexity index is 1360. The fourth-order valence-corrected chi connectivity index (χ4v) is 4.47. The van der Waals surface area contributed by atoms with Crippen LogP contribution in [0.15, 0.2) is 89.8 Å². The number of esters is 2. The van der Waals surface area contributed by atoms with Crippen molar-refractivity contribution in [2.45, 2.75) is 37.7 Å². The van der Waals surface area contributed by atoms with Crippen molar-refractivity contribution in [1.29, 1.82) is 0 Å². The normalized spacial score (nSPS) is 11.6. The predicted octanol–water partition coefficient (Wildman–Crippen LogP) is 5.25. The highest BCUT2D eigenvalue weighted by Gasteiger charge is 2.17. The molecule has 0 unspecified atom stereocenters. The molecule has 0 aromatic heterocycles. The number of hydrogen-bond acceptors (Lipinski definition) is 8. The first-order valence-electron chi connectivity index (χ1n) is 12.4. The van der Waals surface area contributed by atoms with Gasteiger partial charge in [-0.2, -0.15) is 8.42 Å². The predicted molar refractivity (Wildman–Crippen MR) is 146 cm³/mol. The number of methoxy groups -OCH3 is 1. The molecule has 0 atom stereocenters. The van der Waals surface area contributed by atoms with Gasteiger partial charge in [0.1, 0.15) is 17.3 Å². The average molecular weight is 553 g/mol. The maximum absolute atomic E-state index is 12.8. The van der Waals surface area contributed by atoms with Crippen molar-refractivity contribution in [3.8, 4) is 5.75 Å². The number of benzene rings is 3. The molecule has 3 rings (SSSR count). The Hall–Kier alpha value is -3.95. The largest absolute Gasteiger partial charge is 0.469 e. The molecule has 0 saturated carbocycles. The number of carbonyl (C=O) groups is 2. The molecule has 0 saturated heterocycles. The zero-order chi connectivity index (χ0) is 28.1. The Balaban J connectivity index is 1.71. The molecule has 8 nitrogen and oxygen atoms in total. The SMILES string of the molecule is COC(=O)CCC(=O)OC/C=C(\CCOCc1ccccc1)c1cccc(OS(=O)(=O)c2ccc(C)cc2)c1. The summed E-state index contributed by atoms with van der Waals surface area (Å²) in [5.74, 6) is -0.868. The van der Waals surface area contributed by atoms with E-state index in [4.69, 9.17) is 13.7 Å². The average Bonchev–Trinajstić information content (AvgIpc) is 2.93. The van der Waals surface area contributed by atoms with Crippen LogP contribution in [-0.2, 0) is 40.5 Å². The summed E-state index contributed by atoms with van der Waals surface area (Å²) in [5.41, 5.74) is 3.45. The fraction of sp³-hybridized carbons (Fsp3) is 0.267. The first-order chi connectivity index (χ1) is 18.8. The monoisotopic (exact) mass is 552 g/mol. The molecular formula is C30H32O8S. The minimum atomic E-state index is -4.02. The van der Waals surface area contributed by atoms with E-state index in [1.807, 2.05) is 43.3 Å². The second kappa shape index (κ2) is 14.8. The molecule has 0 fully saturated rings. The van der Waals surface area contributed by atoms with Crippen LogP contribution in [0.4, 0.5) is 0 Å². The summed E-state index contributed by atoms with van der Waals surface area (Å²) in [4.78, 5) is 23.3. The van der Waals surface area contributed by atoms with Gasteiger partial charge < -0.3 is 18.4 Å². The van der Waals surface area contributed by atoms with E-state index in [0.29, 0.717) is 25.2 Å². The molecule has 0 bridgehead atoms. The molecule has 0 aliphatic heterocycles. The Morgan fingerprint density at radius 2 is 1.56 bits per heavy atom. The maximum Gasteiger partial charge on any atom is 0.339 e. The van der Waals surface area contributed by atoms with Crippen molar-refractivity contribution in [2.24, 2.45) is 0 Å². The summed E-state index contributed by atoms with van der Waals surface area (Å²) < 4.78 is 46.6. The lowest BCUT2D eigenvalue weighted by Gasteiger charge is -2.12. The third-order valence-electron chi connectivity index (χ3n) is 5.68. The second-order valence-electron chi connectivity index (χ2n) is 8.66. The molecule has 3 aromatic rings. The number of carbonyl (C=O) groups excluding carboxylic acids is 2. The van der Waals surface area contributed by atoms with Crippen molar-refractivity contribution >= 4 is 27.6 Å². The van der Waals surface area contributed by atoms with E-state index in [-0.39, 0.29) is 30.1 Å². The van der Waals surface area contributed by atoms with E-state index >= 15 is 0 Å². The highest BCUT2D eigenvalue weighted by molar-refractivity contribution is 7.87. The first kappa shape index (κ1) is 29.6. The fourth-order valence-electron chi connectivity index (χ4n) is 3.55. The topological polar surface area (TPSA) is 105 Å². The van der Waals surface area contributed by atoms with Gasteiger partial charge in [-0.1, -0.05) is 60.2 Å². The third kappa shape index (κ3) is 10.0. The number of ether oxygens (including phenoxy) is 3. The molecule has 0 spiro atoms. The van der Waals surface area contributed by atoms with Crippen molar-refractivity contribution < 1.29 is 36.4 Å². The van der Waals surface area contributed by atoms with Gasteiger partial charge in [-0.05, 0) is 60.4 Å². The molecule has 206 valence electrons. The highest BCUT2D eigenvalue weighted by Crippen LogP contribution is 2.26. The minimum absolute atomic E-state index is 0.0270. The Kier molecular flexibility index (Phi) is 11.3. The number of hydrogen-bond donors (Lipinski definition) is 0. The molecule has 3 aromatic carbocycles. The van der Waals surface area contributed by atoms with Crippen LogP contribution in [0.2, 0.25) is 0 Å². The van der Waals surface area contributed by atoms with E-state index < -0.39 is 22.1 Å². The van der Waals surface area contributed by atoms with Gasteiger partial charge in [0.25, 0.3) is 0 Å². The van der Waals surface area contributed by atoms with Crippen molar-refractivity contribution in [1.82, 2.24) is 0 Å². The van der Waals surface area contributed by atoms with Gasteiger partial charge in [0.05, 0.1) is 33.2 Å². The summed E-state index contributed by atoms with van der Waals surface area (Å²) in [6.07, 6.45) is 2.06. The van der Waals surface area contributed by atoms with E-state index in [1.165, 1.54) is 19.2 Å². The van der Waals surface area contributed by atoms with Crippen LogP contribution in [-0.4, -0.2) is 40.7 Å². The summed E-state index contributed by atoms with van der Waals surface area (Å²) in [6, 6.07) is 22.8. The van der Waals surface area contributed by atoms with Gasteiger partial charge in [0.2, 0.25) is 0 Å². The Morgan fingerprint density at radius 1 is 0.846 bits per heavy atom. The summed E-state index contributed by atoms with van der Waals surface area (Å²) in [7, 11) is -2.76. The zero-order valence-electron chi connectivity index (χ0n) is 22.0. The van der Waals surface area contributed by atoms with E-state index in [9.17, 15) is 18.0 Å². The molecule has 0 amide bonds. The second-order valence-corrected chi connectivity index (χ2v) is 10.2. The lowest BCUT2D eigenvalue weighted by atomic mass is 10.0. The number of aryl methyl sites for hydroxylation is 1.